The summed E-state index contributed by atoms with van der Waals surface area (Å²) >= 11 is 0. The zero-order valence-corrected chi connectivity index (χ0v) is 10.4. The highest BCUT2D eigenvalue weighted by Gasteiger charge is 2.07. The van der Waals surface area contributed by atoms with Gasteiger partial charge in [0.2, 0.25) is 0 Å². The molecule has 0 atom stereocenters. The number of rotatable bonds is 7. The van der Waals surface area contributed by atoms with Crippen LogP contribution in [-0.2, 0) is 19.1 Å². The Labute approximate surface area is 102 Å². The maximum Gasteiger partial charge on any atom is 0.338 e. The van der Waals surface area contributed by atoms with Gasteiger partial charge in [-0.2, -0.15) is 0 Å². The van der Waals surface area contributed by atoms with E-state index in [0.717, 1.165) is 0 Å². The van der Waals surface area contributed by atoms with Crippen LogP contribution < -0.4 is 0 Å². The molecule has 17 heavy (non-hydrogen) atoms. The Morgan fingerprint density at radius 2 is 1.53 bits per heavy atom. The molecular weight excluding hydrogens is 220 g/mol. The molecule has 0 unspecified atom stereocenters. The van der Waals surface area contributed by atoms with Crippen LogP contribution in [0.15, 0.2) is 36.6 Å². The summed E-state index contributed by atoms with van der Waals surface area (Å²) in [6, 6.07) is 0. The van der Waals surface area contributed by atoms with Gasteiger partial charge in [-0.05, 0) is 20.3 Å². The van der Waals surface area contributed by atoms with Gasteiger partial charge in [0.1, 0.15) is 5.76 Å². The number of carbonyl (C=O) groups excluding carboxylic acids is 2. The Morgan fingerprint density at radius 3 is 2.00 bits per heavy atom. The van der Waals surface area contributed by atoms with Crippen molar-refractivity contribution >= 4 is 11.9 Å². The summed E-state index contributed by atoms with van der Waals surface area (Å²) in [6.45, 7) is 13.9. The third-order valence-electron chi connectivity index (χ3n) is 1.77. The molecule has 4 nitrogen and oxygen atoms in total. The molecule has 0 bridgehead atoms. The van der Waals surface area contributed by atoms with Crippen molar-refractivity contribution in [1.82, 2.24) is 0 Å². The predicted molar refractivity (Wildman–Crippen MR) is 65.1 cm³/mol. The number of esters is 2. The van der Waals surface area contributed by atoms with E-state index in [2.05, 4.69) is 19.7 Å². The third-order valence-corrected chi connectivity index (χ3v) is 1.77. The van der Waals surface area contributed by atoms with E-state index in [9.17, 15) is 9.59 Å². The van der Waals surface area contributed by atoms with Crippen molar-refractivity contribution in [3.63, 3.8) is 0 Å². The van der Waals surface area contributed by atoms with Crippen LogP contribution in [0.1, 0.15) is 26.7 Å². The second-order valence-corrected chi connectivity index (χ2v) is 3.73. The van der Waals surface area contributed by atoms with E-state index >= 15 is 0 Å². The fourth-order valence-electron chi connectivity index (χ4n) is 0.827. The first-order valence-electron chi connectivity index (χ1n) is 5.22. The average Bonchev–Trinajstić information content (AvgIpc) is 2.23. The van der Waals surface area contributed by atoms with E-state index < -0.39 is 11.9 Å². The highest BCUT2D eigenvalue weighted by atomic mass is 16.5. The fourth-order valence-corrected chi connectivity index (χ4v) is 0.827. The van der Waals surface area contributed by atoms with Crippen molar-refractivity contribution in [1.29, 1.82) is 0 Å². The summed E-state index contributed by atoms with van der Waals surface area (Å²) in [4.78, 5) is 22.1. The van der Waals surface area contributed by atoms with Gasteiger partial charge in [0.25, 0.3) is 0 Å². The summed E-state index contributed by atoms with van der Waals surface area (Å²) in [5.74, 6) is -0.576. The van der Waals surface area contributed by atoms with E-state index in [1.807, 2.05) is 0 Å². The minimum absolute atomic E-state index is 0.245. The molecule has 0 N–H and O–H groups in total. The van der Waals surface area contributed by atoms with Crippen LogP contribution in [0.3, 0.4) is 0 Å². The fraction of sp³-hybridized carbons (Fsp3) is 0.385. The minimum atomic E-state index is -0.492. The molecule has 0 aliphatic carbocycles. The monoisotopic (exact) mass is 238 g/mol. The van der Waals surface area contributed by atoms with E-state index in [4.69, 9.17) is 9.47 Å². The van der Waals surface area contributed by atoms with Gasteiger partial charge < -0.3 is 9.47 Å². The average molecular weight is 238 g/mol. The van der Waals surface area contributed by atoms with Gasteiger partial charge in [0, 0.05) is 17.6 Å². The Hall–Kier alpha value is -1.84. The quantitative estimate of drug-likeness (QED) is 0.296. The number of carbonyl (C=O) groups is 2. The zero-order valence-electron chi connectivity index (χ0n) is 10.4. The molecule has 0 aromatic rings. The first-order chi connectivity index (χ1) is 7.84. The molecule has 0 heterocycles. The van der Waals surface area contributed by atoms with Crippen LogP contribution in [0, 0.1) is 0 Å². The van der Waals surface area contributed by atoms with Gasteiger partial charge in [-0.3, -0.25) is 0 Å². The maximum atomic E-state index is 11.1. The Bertz CT molecular complexity index is 352. The third kappa shape index (κ3) is 7.11. The largest absolute Gasteiger partial charge is 0.462 e. The SMILES string of the molecule is C=C(CCCOC(=O)C(=C)C)OC(=O)C(=C)C. The molecular formula is C13H18O4. The van der Waals surface area contributed by atoms with Crippen molar-refractivity contribution in [2.45, 2.75) is 26.7 Å². The van der Waals surface area contributed by atoms with Crippen molar-refractivity contribution in [3.05, 3.63) is 36.6 Å². The Morgan fingerprint density at radius 1 is 1.00 bits per heavy atom. The predicted octanol–water partition coefficient (Wildman–Crippen LogP) is 2.52. The number of allylic oxidation sites excluding steroid dienone is 1. The number of ether oxygens (including phenoxy) is 2. The van der Waals surface area contributed by atoms with Crippen LogP contribution >= 0.6 is 0 Å². The van der Waals surface area contributed by atoms with Crippen LogP contribution in [0.4, 0.5) is 0 Å². The number of hydrogen-bond donors (Lipinski definition) is 0. The first-order valence-corrected chi connectivity index (χ1v) is 5.22. The molecule has 94 valence electrons. The standard InChI is InChI=1S/C13H18O4/c1-9(2)12(14)16-8-6-7-11(5)17-13(15)10(3)4/h1,3,5-8H2,2,4H3. The molecule has 0 radical (unpaired) electrons. The van der Waals surface area contributed by atoms with Gasteiger partial charge in [-0.25, -0.2) is 9.59 Å². The first kappa shape index (κ1) is 15.2. The van der Waals surface area contributed by atoms with Crippen molar-refractivity contribution in [2.24, 2.45) is 0 Å². The molecule has 0 spiro atoms. The van der Waals surface area contributed by atoms with Gasteiger partial charge in [-0.1, -0.05) is 19.7 Å². The van der Waals surface area contributed by atoms with E-state index in [1.165, 1.54) is 0 Å². The molecule has 4 heteroatoms. The number of hydrogen-bond acceptors (Lipinski definition) is 4. The smallest absolute Gasteiger partial charge is 0.338 e. The lowest BCUT2D eigenvalue weighted by atomic mass is 10.3. The molecule has 0 fully saturated rings. The minimum Gasteiger partial charge on any atom is -0.462 e. The second-order valence-electron chi connectivity index (χ2n) is 3.73. The lowest BCUT2D eigenvalue weighted by Crippen LogP contribution is -2.08. The van der Waals surface area contributed by atoms with E-state index in [1.54, 1.807) is 13.8 Å². The normalized spacial score (nSPS) is 9.29. The summed E-state index contributed by atoms with van der Waals surface area (Å²) in [6.07, 6.45) is 0.990. The van der Waals surface area contributed by atoms with Crippen LogP contribution in [0.5, 0.6) is 0 Å². The molecule has 0 aliphatic heterocycles. The summed E-state index contributed by atoms with van der Waals surface area (Å²) in [5, 5.41) is 0. The van der Waals surface area contributed by atoms with E-state index in [0.29, 0.717) is 29.7 Å². The molecule has 0 aromatic heterocycles. The molecule has 0 rings (SSSR count). The lowest BCUT2D eigenvalue weighted by molar-refractivity contribution is -0.139. The van der Waals surface area contributed by atoms with Gasteiger partial charge >= 0.3 is 11.9 Å². The van der Waals surface area contributed by atoms with Crippen LogP contribution in [0.25, 0.3) is 0 Å². The topological polar surface area (TPSA) is 52.6 Å². The summed E-state index contributed by atoms with van der Waals surface area (Å²) in [5.41, 5.74) is 0.678. The highest BCUT2D eigenvalue weighted by molar-refractivity contribution is 5.87. The zero-order chi connectivity index (χ0) is 13.4. The van der Waals surface area contributed by atoms with Gasteiger partial charge in [0.05, 0.1) is 6.61 Å². The molecule has 0 saturated heterocycles. The van der Waals surface area contributed by atoms with Crippen LogP contribution in [-0.4, -0.2) is 18.5 Å². The molecule has 0 aliphatic rings. The second kappa shape index (κ2) is 7.44. The van der Waals surface area contributed by atoms with Gasteiger partial charge in [-0.15, -0.1) is 0 Å². The molecule has 0 aromatic carbocycles. The van der Waals surface area contributed by atoms with Gasteiger partial charge in [0.15, 0.2) is 0 Å². The summed E-state index contributed by atoms with van der Waals surface area (Å²) in [7, 11) is 0. The Balaban J connectivity index is 3.73. The molecule has 0 amide bonds. The highest BCUT2D eigenvalue weighted by Crippen LogP contribution is 2.07. The van der Waals surface area contributed by atoms with E-state index in [-0.39, 0.29) is 6.61 Å². The van der Waals surface area contributed by atoms with Crippen molar-refractivity contribution in [2.75, 3.05) is 6.61 Å². The van der Waals surface area contributed by atoms with Crippen molar-refractivity contribution in [3.8, 4) is 0 Å². The molecule has 0 saturated carbocycles. The maximum absolute atomic E-state index is 11.1. The van der Waals surface area contributed by atoms with Crippen molar-refractivity contribution < 1.29 is 19.1 Å². The lowest BCUT2D eigenvalue weighted by Gasteiger charge is -2.07. The summed E-state index contributed by atoms with van der Waals surface area (Å²) < 4.78 is 9.74. The Kier molecular flexibility index (Phi) is 6.63. The van der Waals surface area contributed by atoms with Crippen LogP contribution in [0.2, 0.25) is 0 Å².